The molecule has 4 aromatic rings. The van der Waals surface area contributed by atoms with Crippen molar-refractivity contribution in [1.82, 2.24) is 24.8 Å². The van der Waals surface area contributed by atoms with Gasteiger partial charge in [-0.15, -0.1) is 0 Å². The first-order chi connectivity index (χ1) is 16.6. The van der Waals surface area contributed by atoms with Gasteiger partial charge in [0, 0.05) is 31.1 Å². The molecular formula is C25H25N5O4. The van der Waals surface area contributed by atoms with Crippen LogP contribution in [0.5, 0.6) is 5.75 Å². The molecule has 1 saturated carbocycles. The summed E-state index contributed by atoms with van der Waals surface area (Å²) >= 11 is 0. The van der Waals surface area contributed by atoms with Crippen molar-refractivity contribution in [3.63, 3.8) is 0 Å². The number of nitrogens with zero attached hydrogens (tertiary/aromatic N) is 4. The smallest absolute Gasteiger partial charge is 0.274 e. The lowest BCUT2D eigenvalue weighted by Crippen LogP contribution is -2.19. The van der Waals surface area contributed by atoms with Crippen LogP contribution in [0.15, 0.2) is 54.9 Å². The average Bonchev–Trinajstić information content (AvgIpc) is 3.61. The number of aromatic nitrogens is 4. The molecule has 0 bridgehead atoms. The molecule has 5 rings (SSSR count). The van der Waals surface area contributed by atoms with E-state index in [0.29, 0.717) is 18.8 Å². The molecule has 2 N–H and O–H groups in total. The summed E-state index contributed by atoms with van der Waals surface area (Å²) in [5.74, 6) is 0.947. The zero-order chi connectivity index (χ0) is 23.7. The van der Waals surface area contributed by atoms with E-state index in [2.05, 4.69) is 4.98 Å². The second-order valence-electron chi connectivity index (χ2n) is 8.34. The van der Waals surface area contributed by atoms with Crippen LogP contribution in [0.25, 0.3) is 17.0 Å². The highest BCUT2D eigenvalue weighted by Gasteiger charge is 2.48. The molecule has 34 heavy (non-hydrogen) atoms. The van der Waals surface area contributed by atoms with Gasteiger partial charge in [-0.1, -0.05) is 12.1 Å². The summed E-state index contributed by atoms with van der Waals surface area (Å²) in [6.07, 6.45) is 5.57. The van der Waals surface area contributed by atoms with Crippen molar-refractivity contribution in [2.24, 2.45) is 0 Å². The maximum Gasteiger partial charge on any atom is 0.274 e. The number of hydrogen-bond donors (Lipinski definition) is 2. The number of nitrogens with one attached hydrogen (secondary N) is 1. The molecule has 0 saturated heterocycles. The van der Waals surface area contributed by atoms with E-state index in [4.69, 9.17) is 24.6 Å². The van der Waals surface area contributed by atoms with E-state index in [1.54, 1.807) is 30.9 Å². The molecule has 1 fully saturated rings. The van der Waals surface area contributed by atoms with Crippen LogP contribution in [0.1, 0.15) is 40.3 Å². The third-order valence-electron chi connectivity index (χ3n) is 6.21. The second kappa shape index (κ2) is 8.85. The minimum atomic E-state index is -0.537. The lowest BCUT2D eigenvalue weighted by molar-refractivity contribution is 0.0706. The van der Waals surface area contributed by atoms with Crippen molar-refractivity contribution in [3.8, 4) is 17.1 Å². The van der Waals surface area contributed by atoms with Crippen molar-refractivity contribution >= 4 is 11.6 Å². The molecule has 9 nitrogen and oxygen atoms in total. The highest BCUT2D eigenvalue weighted by Crippen LogP contribution is 2.52. The molecule has 0 aliphatic heterocycles. The monoisotopic (exact) mass is 459 g/mol. The molecule has 0 unspecified atom stereocenters. The van der Waals surface area contributed by atoms with Crippen LogP contribution in [0, 0.1) is 6.92 Å². The Hall–Kier alpha value is -3.82. The van der Waals surface area contributed by atoms with Crippen molar-refractivity contribution < 1.29 is 19.5 Å². The number of carbonyl (C=O) groups is 1. The zero-order valence-corrected chi connectivity index (χ0v) is 19.0. The number of hydrogen-bond acceptors (Lipinski definition) is 7. The first kappa shape index (κ1) is 22.0. The Morgan fingerprint density at radius 3 is 2.65 bits per heavy atom. The molecule has 1 aliphatic rings. The van der Waals surface area contributed by atoms with Gasteiger partial charge in [-0.3, -0.25) is 14.4 Å². The maximum atomic E-state index is 11.7. The van der Waals surface area contributed by atoms with E-state index in [1.165, 1.54) is 0 Å². The molecule has 0 atom stereocenters. The van der Waals surface area contributed by atoms with Crippen LogP contribution in [0.4, 0.5) is 0 Å². The van der Waals surface area contributed by atoms with Crippen LogP contribution >= 0.6 is 0 Å². The van der Waals surface area contributed by atoms with Gasteiger partial charge in [-0.2, -0.15) is 0 Å². The highest BCUT2D eigenvalue weighted by molar-refractivity contribution is 5.93. The summed E-state index contributed by atoms with van der Waals surface area (Å²) in [5.41, 5.74) is 6.17. The van der Waals surface area contributed by atoms with Gasteiger partial charge >= 0.3 is 0 Å². The predicted octanol–water partition coefficient (Wildman–Crippen LogP) is 3.32. The van der Waals surface area contributed by atoms with Crippen LogP contribution in [0.3, 0.4) is 0 Å². The van der Waals surface area contributed by atoms with Gasteiger partial charge in [0.05, 0.1) is 29.1 Å². The Bertz CT molecular complexity index is 1350. The van der Waals surface area contributed by atoms with E-state index < -0.39 is 5.91 Å². The second-order valence-corrected chi connectivity index (χ2v) is 8.34. The van der Waals surface area contributed by atoms with Crippen molar-refractivity contribution in [2.45, 2.75) is 25.2 Å². The number of rotatable bonds is 8. The number of imidazole rings is 1. The summed E-state index contributed by atoms with van der Waals surface area (Å²) in [6.45, 7) is 2.96. The van der Waals surface area contributed by atoms with E-state index in [1.807, 2.05) is 47.9 Å². The van der Waals surface area contributed by atoms with Crippen molar-refractivity contribution in [1.29, 1.82) is 0 Å². The lowest BCUT2D eigenvalue weighted by atomic mass is 9.93. The Morgan fingerprint density at radius 1 is 1.15 bits per heavy atom. The Balaban J connectivity index is 1.47. The molecular weight excluding hydrogens is 434 g/mol. The van der Waals surface area contributed by atoms with Gasteiger partial charge in [0.15, 0.2) is 0 Å². The molecule has 0 spiro atoms. The largest absolute Gasteiger partial charge is 0.491 e. The fourth-order valence-electron chi connectivity index (χ4n) is 4.28. The van der Waals surface area contributed by atoms with Crippen molar-refractivity contribution in [2.75, 3.05) is 20.3 Å². The summed E-state index contributed by atoms with van der Waals surface area (Å²) in [4.78, 5) is 25.9. The zero-order valence-electron chi connectivity index (χ0n) is 19.0. The van der Waals surface area contributed by atoms with Crippen LogP contribution in [0.2, 0.25) is 0 Å². The summed E-state index contributed by atoms with van der Waals surface area (Å²) in [6, 6.07) is 12.9. The predicted molar refractivity (Wildman–Crippen MR) is 124 cm³/mol. The number of carbonyl (C=O) groups excluding carboxylic acids is 1. The SMILES string of the molecule is COCCOc1ccn2c(-c3ccnc(C4(c5ccc(C(=O)NO)cc5)CC4)n3)c(C)nc2c1. The number of hydroxylamine groups is 1. The summed E-state index contributed by atoms with van der Waals surface area (Å²) in [5, 5.41) is 8.85. The lowest BCUT2D eigenvalue weighted by Gasteiger charge is -2.16. The van der Waals surface area contributed by atoms with Gasteiger partial charge < -0.3 is 9.47 Å². The van der Waals surface area contributed by atoms with E-state index in [9.17, 15) is 4.79 Å². The molecule has 1 aromatic carbocycles. The van der Waals surface area contributed by atoms with Gasteiger partial charge in [0.2, 0.25) is 0 Å². The topological polar surface area (TPSA) is 111 Å². The third kappa shape index (κ3) is 3.89. The fraction of sp³-hybridized carbons (Fsp3) is 0.280. The average molecular weight is 460 g/mol. The highest BCUT2D eigenvalue weighted by atomic mass is 16.5. The van der Waals surface area contributed by atoms with Gasteiger partial charge in [-0.25, -0.2) is 20.4 Å². The Labute approximate surface area is 196 Å². The van der Waals surface area contributed by atoms with Crippen molar-refractivity contribution in [3.05, 3.63) is 77.5 Å². The summed E-state index contributed by atoms with van der Waals surface area (Å²) < 4.78 is 12.8. The standard InChI is InChI=1S/C25H25N5O4/c1-16-22(30-12-8-19(15-21(30)27-16)34-14-13-33-2)20-7-11-26-24(28-20)25(9-10-25)18-5-3-17(4-6-18)23(31)29-32/h3-8,11-12,15,32H,9-10,13-14H2,1-2H3,(H,29,31). The first-order valence-electron chi connectivity index (χ1n) is 11.0. The number of methoxy groups -OCH3 is 1. The van der Waals surface area contributed by atoms with Crippen LogP contribution in [-0.2, 0) is 10.2 Å². The number of benzene rings is 1. The minimum absolute atomic E-state index is 0.277. The number of pyridine rings is 1. The normalized spacial score (nSPS) is 14.2. The maximum absolute atomic E-state index is 11.7. The third-order valence-corrected chi connectivity index (χ3v) is 6.21. The van der Waals surface area contributed by atoms with E-state index >= 15 is 0 Å². The minimum Gasteiger partial charge on any atom is -0.491 e. The Morgan fingerprint density at radius 2 is 1.94 bits per heavy atom. The van der Waals surface area contributed by atoms with E-state index in [-0.39, 0.29) is 5.41 Å². The molecule has 9 heteroatoms. The number of amides is 1. The van der Waals surface area contributed by atoms with Crippen LogP contribution in [-0.4, -0.2) is 50.8 Å². The number of fused-ring (bicyclic) bond motifs is 1. The molecule has 3 heterocycles. The Kier molecular flexibility index (Phi) is 5.72. The number of aryl methyl sites for hydroxylation is 1. The fourth-order valence-corrected chi connectivity index (χ4v) is 4.28. The quantitative estimate of drug-likeness (QED) is 0.236. The van der Waals surface area contributed by atoms with E-state index in [0.717, 1.165) is 52.7 Å². The molecule has 174 valence electrons. The van der Waals surface area contributed by atoms with Crippen LogP contribution < -0.4 is 10.2 Å². The summed E-state index contributed by atoms with van der Waals surface area (Å²) in [7, 11) is 1.64. The molecule has 3 aromatic heterocycles. The first-order valence-corrected chi connectivity index (χ1v) is 11.0. The van der Waals surface area contributed by atoms with Gasteiger partial charge in [-0.05, 0) is 49.6 Å². The molecule has 1 amide bonds. The molecule has 1 aliphatic carbocycles. The molecule has 0 radical (unpaired) electrons. The van der Waals surface area contributed by atoms with Gasteiger partial charge in [0.1, 0.15) is 23.8 Å². The number of ether oxygens (including phenoxy) is 2. The van der Waals surface area contributed by atoms with Gasteiger partial charge in [0.25, 0.3) is 5.91 Å².